The van der Waals surface area contributed by atoms with E-state index in [1.807, 2.05) is 23.1 Å². The third kappa shape index (κ3) is 4.15. The fraction of sp³-hybridized carbons (Fsp3) is 0.579. The monoisotopic (exact) mass is 386 g/mol. The first-order chi connectivity index (χ1) is 13.7. The van der Waals surface area contributed by atoms with Crippen LogP contribution in [0.4, 0.5) is 0 Å². The van der Waals surface area contributed by atoms with Gasteiger partial charge < -0.3 is 14.4 Å². The zero-order chi connectivity index (χ0) is 19.3. The van der Waals surface area contributed by atoms with Crippen LogP contribution in [-0.4, -0.2) is 75.9 Å². The zero-order valence-corrected chi connectivity index (χ0v) is 16.2. The lowest BCUT2D eigenvalue weighted by atomic mass is 10.0. The van der Waals surface area contributed by atoms with Crippen LogP contribution >= 0.6 is 0 Å². The molecule has 28 heavy (non-hydrogen) atoms. The van der Waals surface area contributed by atoms with Crippen LogP contribution in [0, 0.1) is 0 Å². The van der Waals surface area contributed by atoms with Gasteiger partial charge in [0.05, 0.1) is 32.9 Å². The van der Waals surface area contributed by atoms with Gasteiger partial charge in [0, 0.05) is 19.6 Å². The molecule has 2 aromatic rings. The molecule has 0 saturated carbocycles. The van der Waals surface area contributed by atoms with Gasteiger partial charge in [-0.15, -0.1) is 5.10 Å². The highest BCUT2D eigenvalue weighted by molar-refractivity contribution is 5.76. The molecule has 1 amide bonds. The summed E-state index contributed by atoms with van der Waals surface area (Å²) in [6.07, 6.45) is 1.94. The largest absolute Gasteiger partial charge is 0.497 e. The lowest BCUT2D eigenvalue weighted by molar-refractivity contribution is -0.133. The number of nitrogens with zero attached hydrogens (tertiary/aromatic N) is 6. The summed E-state index contributed by atoms with van der Waals surface area (Å²) >= 11 is 0. The summed E-state index contributed by atoms with van der Waals surface area (Å²) < 4.78 is 12.3. The molecule has 2 aliphatic rings. The molecular weight excluding hydrogens is 360 g/mol. The fourth-order valence-electron chi connectivity index (χ4n) is 3.90. The minimum absolute atomic E-state index is 0.0425. The molecule has 2 aliphatic heterocycles. The maximum absolute atomic E-state index is 13.0. The van der Waals surface area contributed by atoms with Gasteiger partial charge in [-0.3, -0.25) is 9.69 Å². The number of methoxy groups -OCH3 is 1. The molecular formula is C19H26N6O3. The number of carbonyl (C=O) groups is 1. The Kier molecular flexibility index (Phi) is 5.82. The molecule has 0 unspecified atom stereocenters. The van der Waals surface area contributed by atoms with Gasteiger partial charge >= 0.3 is 0 Å². The normalized spacial score (nSPS) is 20.5. The zero-order valence-electron chi connectivity index (χ0n) is 16.2. The van der Waals surface area contributed by atoms with Crippen LogP contribution < -0.4 is 4.74 Å². The third-order valence-corrected chi connectivity index (χ3v) is 5.41. The van der Waals surface area contributed by atoms with Crippen LogP contribution in [0.2, 0.25) is 0 Å². The molecule has 1 aromatic carbocycles. The number of rotatable bonds is 6. The number of hydrogen-bond acceptors (Lipinski definition) is 7. The molecule has 150 valence electrons. The van der Waals surface area contributed by atoms with Gasteiger partial charge in [-0.05, 0) is 41.0 Å². The van der Waals surface area contributed by atoms with Crippen LogP contribution in [0.5, 0.6) is 5.75 Å². The highest BCUT2D eigenvalue weighted by Crippen LogP contribution is 2.33. The summed E-state index contributed by atoms with van der Waals surface area (Å²) in [5.74, 6) is 1.57. The van der Waals surface area contributed by atoms with Gasteiger partial charge in [-0.2, -0.15) is 0 Å². The Balaban J connectivity index is 1.44. The van der Waals surface area contributed by atoms with Crippen molar-refractivity contribution < 1.29 is 14.3 Å². The van der Waals surface area contributed by atoms with Crippen molar-refractivity contribution in [3.8, 4) is 5.75 Å². The lowest BCUT2D eigenvalue weighted by Gasteiger charge is -2.27. The Morgan fingerprint density at radius 3 is 2.96 bits per heavy atom. The fourth-order valence-corrected chi connectivity index (χ4v) is 3.90. The number of benzene rings is 1. The van der Waals surface area contributed by atoms with Crippen molar-refractivity contribution in [2.24, 2.45) is 0 Å². The molecule has 9 nitrogen and oxygen atoms in total. The van der Waals surface area contributed by atoms with Gasteiger partial charge in [-0.1, -0.05) is 12.1 Å². The highest BCUT2D eigenvalue weighted by Gasteiger charge is 2.31. The molecule has 3 heterocycles. The van der Waals surface area contributed by atoms with Crippen molar-refractivity contribution in [1.29, 1.82) is 0 Å². The molecule has 1 atom stereocenters. The van der Waals surface area contributed by atoms with Crippen molar-refractivity contribution in [2.75, 3.05) is 40.0 Å². The van der Waals surface area contributed by atoms with E-state index in [1.54, 1.807) is 11.8 Å². The topological polar surface area (TPSA) is 85.6 Å². The smallest absolute Gasteiger partial charge is 0.244 e. The Bertz CT molecular complexity index is 804. The molecule has 0 radical (unpaired) electrons. The van der Waals surface area contributed by atoms with E-state index in [4.69, 9.17) is 9.47 Å². The maximum atomic E-state index is 13.0. The SMILES string of the molecule is COc1cccc([C@H]2CCCN2C(=O)Cn2nnnc2CN2CCOCC2)c1. The second-order valence-electron chi connectivity index (χ2n) is 7.16. The summed E-state index contributed by atoms with van der Waals surface area (Å²) in [5, 5.41) is 12.0. The standard InChI is InChI=1S/C19H26N6O3/c1-27-16-5-2-4-15(12-16)17-6-3-7-24(17)19(26)14-25-18(20-21-22-25)13-23-8-10-28-11-9-23/h2,4-5,12,17H,3,6-11,13-14H2,1H3/t17-/m1/s1. The summed E-state index contributed by atoms with van der Waals surface area (Å²) in [4.78, 5) is 17.2. The molecule has 2 saturated heterocycles. The molecule has 0 bridgehead atoms. The first kappa shape index (κ1) is 18.8. The lowest BCUT2D eigenvalue weighted by Crippen LogP contribution is -2.37. The van der Waals surface area contributed by atoms with E-state index >= 15 is 0 Å². The summed E-state index contributed by atoms with van der Waals surface area (Å²) in [7, 11) is 1.66. The van der Waals surface area contributed by atoms with Crippen molar-refractivity contribution in [3.05, 3.63) is 35.7 Å². The van der Waals surface area contributed by atoms with Gasteiger partial charge in [0.25, 0.3) is 0 Å². The Morgan fingerprint density at radius 2 is 2.14 bits per heavy atom. The molecule has 2 fully saturated rings. The van der Waals surface area contributed by atoms with Crippen LogP contribution in [0.1, 0.15) is 30.3 Å². The van der Waals surface area contributed by atoms with Gasteiger partial charge in [-0.25, -0.2) is 4.68 Å². The maximum Gasteiger partial charge on any atom is 0.244 e. The van der Waals surface area contributed by atoms with Crippen LogP contribution in [0.15, 0.2) is 24.3 Å². The summed E-state index contributed by atoms with van der Waals surface area (Å²) in [5.41, 5.74) is 1.11. The quantitative estimate of drug-likeness (QED) is 0.728. The third-order valence-electron chi connectivity index (χ3n) is 5.41. The second kappa shape index (κ2) is 8.66. The Morgan fingerprint density at radius 1 is 1.29 bits per heavy atom. The van der Waals surface area contributed by atoms with E-state index in [-0.39, 0.29) is 18.5 Å². The van der Waals surface area contributed by atoms with E-state index in [0.29, 0.717) is 12.4 Å². The number of aromatic nitrogens is 4. The average Bonchev–Trinajstić information content (AvgIpc) is 3.39. The van der Waals surface area contributed by atoms with E-state index in [0.717, 1.165) is 57.0 Å². The van der Waals surface area contributed by atoms with Crippen LogP contribution in [-0.2, 0) is 22.6 Å². The number of amides is 1. The number of tetrazole rings is 1. The first-order valence-electron chi connectivity index (χ1n) is 9.73. The predicted octanol–water partition coefficient (Wildman–Crippen LogP) is 0.878. The Hall–Kier alpha value is -2.52. The van der Waals surface area contributed by atoms with E-state index in [9.17, 15) is 4.79 Å². The summed E-state index contributed by atoms with van der Waals surface area (Å²) in [6, 6.07) is 8.03. The number of likely N-dealkylation sites (tertiary alicyclic amines) is 1. The second-order valence-corrected chi connectivity index (χ2v) is 7.16. The van der Waals surface area contributed by atoms with E-state index < -0.39 is 0 Å². The van der Waals surface area contributed by atoms with Crippen molar-refractivity contribution in [2.45, 2.75) is 32.0 Å². The molecule has 0 spiro atoms. The van der Waals surface area contributed by atoms with E-state index in [1.165, 1.54) is 0 Å². The van der Waals surface area contributed by atoms with E-state index in [2.05, 4.69) is 26.5 Å². The molecule has 9 heteroatoms. The van der Waals surface area contributed by atoms with Crippen molar-refractivity contribution >= 4 is 5.91 Å². The number of carbonyl (C=O) groups excluding carboxylic acids is 1. The molecule has 4 rings (SSSR count). The summed E-state index contributed by atoms with van der Waals surface area (Å²) in [6.45, 7) is 4.68. The minimum atomic E-state index is 0.0425. The predicted molar refractivity (Wildman–Crippen MR) is 101 cm³/mol. The van der Waals surface area contributed by atoms with Crippen molar-refractivity contribution in [1.82, 2.24) is 30.0 Å². The number of morpholine rings is 1. The van der Waals surface area contributed by atoms with Crippen molar-refractivity contribution in [3.63, 3.8) is 0 Å². The number of hydrogen-bond donors (Lipinski definition) is 0. The minimum Gasteiger partial charge on any atom is -0.497 e. The van der Waals surface area contributed by atoms with Gasteiger partial charge in [0.1, 0.15) is 12.3 Å². The molecule has 1 aromatic heterocycles. The average molecular weight is 386 g/mol. The van der Waals surface area contributed by atoms with Crippen LogP contribution in [0.25, 0.3) is 0 Å². The molecule has 0 N–H and O–H groups in total. The number of ether oxygens (including phenoxy) is 2. The Labute approximate surface area is 164 Å². The van der Waals surface area contributed by atoms with Crippen LogP contribution in [0.3, 0.4) is 0 Å². The molecule has 0 aliphatic carbocycles. The van der Waals surface area contributed by atoms with Gasteiger partial charge in [0.15, 0.2) is 5.82 Å². The highest BCUT2D eigenvalue weighted by atomic mass is 16.5. The van der Waals surface area contributed by atoms with Gasteiger partial charge in [0.2, 0.25) is 5.91 Å². The first-order valence-corrected chi connectivity index (χ1v) is 9.73.